The van der Waals surface area contributed by atoms with Crippen LogP contribution in [0.15, 0.2) is 77.7 Å². The highest BCUT2D eigenvalue weighted by molar-refractivity contribution is 14.1. The molecule has 3 aromatic carbocycles. The molecule has 0 unspecified atom stereocenters. The molecule has 3 aromatic rings. The molecule has 0 saturated carbocycles. The van der Waals surface area contributed by atoms with E-state index >= 15 is 0 Å². The third kappa shape index (κ3) is 5.90. The van der Waals surface area contributed by atoms with Gasteiger partial charge in [-0.05, 0) is 77.9 Å². The maximum Gasteiger partial charge on any atom is 0.241 e. The molecule has 0 aliphatic rings. The summed E-state index contributed by atoms with van der Waals surface area (Å²) in [5.74, 6) is -0.264. The zero-order valence-corrected chi connectivity index (χ0v) is 19.7. The molecule has 3 rings (SSSR count). The van der Waals surface area contributed by atoms with Crippen molar-refractivity contribution >= 4 is 44.2 Å². The number of sulfonamides is 1. The number of aryl methyl sites for hydroxylation is 2. The molecule has 1 atom stereocenters. The summed E-state index contributed by atoms with van der Waals surface area (Å²) in [5.41, 5.74) is 3.36. The van der Waals surface area contributed by atoms with Crippen molar-refractivity contribution < 1.29 is 13.2 Å². The highest BCUT2D eigenvalue weighted by Gasteiger charge is 2.24. The zero-order valence-electron chi connectivity index (χ0n) is 16.7. The molecule has 156 valence electrons. The van der Waals surface area contributed by atoms with E-state index in [-0.39, 0.29) is 17.2 Å². The lowest BCUT2D eigenvalue weighted by Gasteiger charge is -2.19. The number of anilines is 1. The van der Waals surface area contributed by atoms with Crippen LogP contribution in [0.4, 0.5) is 5.69 Å². The second-order valence-corrected chi connectivity index (χ2v) is 10.1. The Labute approximate surface area is 191 Å². The average Bonchev–Trinajstić information content (AvgIpc) is 2.70. The van der Waals surface area contributed by atoms with Gasteiger partial charge in [-0.1, -0.05) is 48.0 Å². The van der Waals surface area contributed by atoms with Crippen molar-refractivity contribution in [3.8, 4) is 0 Å². The highest BCUT2D eigenvalue weighted by atomic mass is 127. The standard InChI is InChI=1S/C23H23IN2O3S/c1-16-8-11-20(12-9-16)30(28,29)26-22(18-6-4-3-5-7-18)15-23(27)25-21-13-10-19(24)14-17(21)2/h3-14,22,26H,15H2,1-2H3,(H,25,27)/t22-/m0/s1. The molecule has 0 heterocycles. The van der Waals surface area contributed by atoms with Crippen LogP contribution in [0.1, 0.15) is 29.2 Å². The Hall–Kier alpha value is -2.23. The number of benzene rings is 3. The van der Waals surface area contributed by atoms with Crippen molar-refractivity contribution in [2.24, 2.45) is 0 Å². The number of amides is 1. The average molecular weight is 534 g/mol. The van der Waals surface area contributed by atoms with Crippen LogP contribution in [-0.4, -0.2) is 14.3 Å². The van der Waals surface area contributed by atoms with E-state index in [4.69, 9.17) is 0 Å². The molecule has 0 aliphatic heterocycles. The van der Waals surface area contributed by atoms with Crippen LogP contribution in [0.3, 0.4) is 0 Å². The van der Waals surface area contributed by atoms with Gasteiger partial charge in [0.1, 0.15) is 0 Å². The van der Waals surface area contributed by atoms with E-state index in [1.165, 1.54) is 0 Å². The highest BCUT2D eigenvalue weighted by Crippen LogP contribution is 2.23. The van der Waals surface area contributed by atoms with Gasteiger partial charge in [0.2, 0.25) is 15.9 Å². The van der Waals surface area contributed by atoms with Crippen LogP contribution in [0.5, 0.6) is 0 Å². The topological polar surface area (TPSA) is 75.3 Å². The Balaban J connectivity index is 1.82. The number of hydrogen-bond acceptors (Lipinski definition) is 3. The Morgan fingerprint density at radius 1 is 0.967 bits per heavy atom. The molecule has 0 aliphatic carbocycles. The van der Waals surface area contributed by atoms with Gasteiger partial charge in [0.15, 0.2) is 0 Å². The first kappa shape index (κ1) is 22.5. The Morgan fingerprint density at radius 2 is 1.63 bits per heavy atom. The lowest BCUT2D eigenvalue weighted by molar-refractivity contribution is -0.116. The van der Waals surface area contributed by atoms with Crippen LogP contribution < -0.4 is 10.0 Å². The van der Waals surface area contributed by atoms with Crippen LogP contribution in [0, 0.1) is 17.4 Å². The number of rotatable bonds is 7. The molecule has 5 nitrogen and oxygen atoms in total. The van der Waals surface area contributed by atoms with E-state index in [1.54, 1.807) is 24.3 Å². The molecule has 0 radical (unpaired) electrons. The summed E-state index contributed by atoms with van der Waals surface area (Å²) in [7, 11) is -3.79. The summed E-state index contributed by atoms with van der Waals surface area (Å²) in [6.07, 6.45) is -0.0273. The van der Waals surface area contributed by atoms with Gasteiger partial charge in [-0.15, -0.1) is 0 Å². The van der Waals surface area contributed by atoms with Gasteiger partial charge in [0, 0.05) is 15.7 Å². The first-order valence-electron chi connectivity index (χ1n) is 9.44. The monoisotopic (exact) mass is 534 g/mol. The van der Waals surface area contributed by atoms with E-state index in [0.717, 1.165) is 20.3 Å². The van der Waals surface area contributed by atoms with E-state index in [0.29, 0.717) is 5.69 Å². The summed E-state index contributed by atoms with van der Waals surface area (Å²) in [4.78, 5) is 12.9. The van der Waals surface area contributed by atoms with E-state index < -0.39 is 16.1 Å². The van der Waals surface area contributed by atoms with Gasteiger partial charge in [-0.25, -0.2) is 13.1 Å². The van der Waals surface area contributed by atoms with Crippen LogP contribution in [0.25, 0.3) is 0 Å². The minimum Gasteiger partial charge on any atom is -0.326 e. The maximum absolute atomic E-state index is 12.9. The van der Waals surface area contributed by atoms with Crippen LogP contribution >= 0.6 is 22.6 Å². The van der Waals surface area contributed by atoms with Crippen molar-refractivity contribution in [1.29, 1.82) is 0 Å². The molecular weight excluding hydrogens is 511 g/mol. The van der Waals surface area contributed by atoms with Gasteiger partial charge >= 0.3 is 0 Å². The van der Waals surface area contributed by atoms with E-state index in [1.807, 2.05) is 62.4 Å². The fraction of sp³-hybridized carbons (Fsp3) is 0.174. The second kappa shape index (κ2) is 9.72. The molecule has 0 aromatic heterocycles. The van der Waals surface area contributed by atoms with E-state index in [9.17, 15) is 13.2 Å². The minimum atomic E-state index is -3.79. The predicted molar refractivity (Wildman–Crippen MR) is 128 cm³/mol. The quantitative estimate of drug-likeness (QED) is 0.421. The summed E-state index contributed by atoms with van der Waals surface area (Å²) in [5, 5.41) is 2.89. The van der Waals surface area contributed by atoms with Crippen molar-refractivity contribution in [1.82, 2.24) is 4.72 Å². The van der Waals surface area contributed by atoms with Gasteiger partial charge < -0.3 is 5.32 Å². The molecular formula is C23H23IN2O3S. The number of halogens is 1. The van der Waals surface area contributed by atoms with Gasteiger partial charge in [-0.2, -0.15) is 0 Å². The predicted octanol–water partition coefficient (Wildman–Crippen LogP) is 4.96. The first-order valence-corrected chi connectivity index (χ1v) is 12.0. The molecule has 30 heavy (non-hydrogen) atoms. The summed E-state index contributed by atoms with van der Waals surface area (Å²) < 4.78 is 29.6. The molecule has 0 saturated heterocycles. The lowest BCUT2D eigenvalue weighted by atomic mass is 10.0. The molecule has 0 spiro atoms. The largest absolute Gasteiger partial charge is 0.326 e. The fourth-order valence-electron chi connectivity index (χ4n) is 3.04. The minimum absolute atomic E-state index is 0.0273. The molecule has 2 N–H and O–H groups in total. The lowest BCUT2D eigenvalue weighted by Crippen LogP contribution is -2.31. The maximum atomic E-state index is 12.9. The van der Waals surface area contributed by atoms with E-state index in [2.05, 4.69) is 32.6 Å². The number of hydrogen-bond donors (Lipinski definition) is 2. The van der Waals surface area contributed by atoms with Crippen LogP contribution in [-0.2, 0) is 14.8 Å². The van der Waals surface area contributed by atoms with Gasteiger partial charge in [0.25, 0.3) is 0 Å². The number of carbonyl (C=O) groups excluding carboxylic acids is 1. The normalized spacial score (nSPS) is 12.4. The van der Waals surface area contributed by atoms with Crippen molar-refractivity contribution in [3.63, 3.8) is 0 Å². The Kier molecular flexibility index (Phi) is 7.27. The summed E-state index contributed by atoms with van der Waals surface area (Å²) in [6, 6.07) is 20.8. The first-order chi connectivity index (χ1) is 14.2. The van der Waals surface area contributed by atoms with Crippen molar-refractivity contribution in [2.45, 2.75) is 31.2 Å². The summed E-state index contributed by atoms with van der Waals surface area (Å²) in [6.45, 7) is 3.82. The van der Waals surface area contributed by atoms with Crippen LogP contribution in [0.2, 0.25) is 0 Å². The number of carbonyl (C=O) groups is 1. The van der Waals surface area contributed by atoms with Crippen molar-refractivity contribution in [3.05, 3.63) is 93.1 Å². The molecule has 1 amide bonds. The van der Waals surface area contributed by atoms with Gasteiger partial charge in [0.05, 0.1) is 10.9 Å². The van der Waals surface area contributed by atoms with Gasteiger partial charge in [-0.3, -0.25) is 4.79 Å². The fourth-order valence-corrected chi connectivity index (χ4v) is 4.91. The Morgan fingerprint density at radius 3 is 2.27 bits per heavy atom. The number of nitrogens with one attached hydrogen (secondary N) is 2. The third-order valence-electron chi connectivity index (χ3n) is 4.68. The smallest absolute Gasteiger partial charge is 0.241 e. The van der Waals surface area contributed by atoms with Crippen molar-refractivity contribution in [2.75, 3.05) is 5.32 Å². The second-order valence-electron chi connectivity index (χ2n) is 7.11. The summed E-state index contributed by atoms with van der Waals surface area (Å²) >= 11 is 2.22. The molecule has 7 heteroatoms. The Bertz CT molecular complexity index is 1130. The third-order valence-corrected chi connectivity index (χ3v) is 6.84. The zero-order chi connectivity index (χ0) is 21.7. The molecule has 0 fully saturated rings. The molecule has 0 bridgehead atoms. The SMILES string of the molecule is Cc1ccc(S(=O)(=O)N[C@@H](CC(=O)Nc2ccc(I)cc2C)c2ccccc2)cc1.